The van der Waals surface area contributed by atoms with E-state index in [9.17, 15) is 9.59 Å². The molecule has 0 aliphatic carbocycles. The molecule has 0 atom stereocenters. The molecule has 0 aromatic heterocycles. The standard InChI is InChI=1S/C4H5NO4S/c1-2(10)5-9-4(8)3(6)7/h1H3,(H,5,10)(H,6,7). The van der Waals surface area contributed by atoms with Crippen molar-refractivity contribution in [2.75, 3.05) is 0 Å². The molecule has 0 rings (SSSR count). The number of hydrogen-bond donors (Lipinski definition) is 2. The maximum Gasteiger partial charge on any atom is 0.441 e. The summed E-state index contributed by atoms with van der Waals surface area (Å²) in [4.78, 5) is 24.0. The number of carboxylic acid groups (broad SMARTS) is 1. The van der Waals surface area contributed by atoms with Gasteiger partial charge in [-0.05, 0) is 6.92 Å². The summed E-state index contributed by atoms with van der Waals surface area (Å²) in [5.41, 5.74) is 1.93. The molecule has 0 bridgehead atoms. The van der Waals surface area contributed by atoms with E-state index in [2.05, 4.69) is 17.1 Å². The number of carboxylic acids is 1. The largest absolute Gasteiger partial charge is 0.473 e. The Labute approximate surface area is 61.9 Å². The lowest BCUT2D eigenvalue weighted by atomic mass is 10.7. The average Bonchev–Trinajstić information content (AvgIpc) is 1.82. The van der Waals surface area contributed by atoms with Crippen LogP contribution in [-0.4, -0.2) is 22.0 Å². The number of thiocarbonyl (C=S) groups is 1. The van der Waals surface area contributed by atoms with Gasteiger partial charge in [0, 0.05) is 0 Å². The summed E-state index contributed by atoms with van der Waals surface area (Å²) in [6, 6.07) is 0. The Kier molecular flexibility index (Phi) is 3.34. The number of aliphatic carboxylic acids is 1. The SMILES string of the molecule is CC(=S)NOC(=O)C(=O)O. The predicted octanol–water partition coefficient (Wildman–Crippen LogP) is -0.534. The monoisotopic (exact) mass is 163 g/mol. The van der Waals surface area contributed by atoms with Crippen LogP contribution in [0.15, 0.2) is 0 Å². The van der Waals surface area contributed by atoms with Crippen molar-refractivity contribution in [1.29, 1.82) is 0 Å². The highest BCUT2D eigenvalue weighted by Crippen LogP contribution is 1.74. The molecule has 0 aliphatic rings. The highest BCUT2D eigenvalue weighted by atomic mass is 32.1. The van der Waals surface area contributed by atoms with Crippen molar-refractivity contribution in [2.24, 2.45) is 0 Å². The molecule has 0 aromatic rings. The minimum atomic E-state index is -1.66. The van der Waals surface area contributed by atoms with Gasteiger partial charge in [0.25, 0.3) is 0 Å². The highest BCUT2D eigenvalue weighted by molar-refractivity contribution is 7.80. The molecule has 0 saturated carbocycles. The molecule has 0 fully saturated rings. The normalized spacial score (nSPS) is 8.10. The Morgan fingerprint density at radius 3 is 2.40 bits per heavy atom. The van der Waals surface area contributed by atoms with Gasteiger partial charge in [0.15, 0.2) is 0 Å². The summed E-state index contributed by atoms with van der Waals surface area (Å²) in [5, 5.41) is 7.94. The zero-order chi connectivity index (χ0) is 8.15. The molecule has 6 heteroatoms. The van der Waals surface area contributed by atoms with E-state index in [0.717, 1.165) is 0 Å². The second-order valence-electron chi connectivity index (χ2n) is 1.35. The smallest absolute Gasteiger partial charge is 0.441 e. The molecule has 0 aliphatic heterocycles. The van der Waals surface area contributed by atoms with Crippen molar-refractivity contribution in [3.63, 3.8) is 0 Å². The van der Waals surface area contributed by atoms with Gasteiger partial charge in [0.1, 0.15) is 4.99 Å². The molecule has 0 saturated heterocycles. The molecule has 0 amide bonds. The van der Waals surface area contributed by atoms with Crippen molar-refractivity contribution in [2.45, 2.75) is 6.92 Å². The minimum Gasteiger partial charge on any atom is -0.473 e. The van der Waals surface area contributed by atoms with Crippen LogP contribution in [0.25, 0.3) is 0 Å². The van der Waals surface area contributed by atoms with Gasteiger partial charge in [0.2, 0.25) is 0 Å². The molecule has 2 N–H and O–H groups in total. The van der Waals surface area contributed by atoms with Crippen LogP contribution in [0.2, 0.25) is 0 Å². The fraction of sp³-hybridized carbons (Fsp3) is 0.250. The van der Waals surface area contributed by atoms with Crippen molar-refractivity contribution in [1.82, 2.24) is 5.48 Å². The lowest BCUT2D eigenvalue weighted by molar-refractivity contribution is -0.166. The molecule has 10 heavy (non-hydrogen) atoms. The third kappa shape index (κ3) is 3.79. The predicted molar refractivity (Wildman–Crippen MR) is 35.1 cm³/mol. The van der Waals surface area contributed by atoms with Crippen LogP contribution in [0, 0.1) is 0 Å². The van der Waals surface area contributed by atoms with Crippen molar-refractivity contribution >= 4 is 29.1 Å². The van der Waals surface area contributed by atoms with Gasteiger partial charge < -0.3 is 9.94 Å². The van der Waals surface area contributed by atoms with E-state index in [1.165, 1.54) is 6.92 Å². The number of nitrogens with one attached hydrogen (secondary N) is 1. The van der Waals surface area contributed by atoms with Gasteiger partial charge in [0.05, 0.1) is 0 Å². The van der Waals surface area contributed by atoms with Crippen LogP contribution in [0.1, 0.15) is 6.92 Å². The molecule has 5 nitrogen and oxygen atoms in total. The third-order valence-corrected chi connectivity index (χ3v) is 0.545. The summed E-state index contributed by atoms with van der Waals surface area (Å²) in [6.45, 7) is 1.45. The van der Waals surface area contributed by atoms with Crippen LogP contribution in [0.4, 0.5) is 0 Å². The van der Waals surface area contributed by atoms with Gasteiger partial charge in [-0.2, -0.15) is 0 Å². The van der Waals surface area contributed by atoms with Crippen LogP contribution in [0.5, 0.6) is 0 Å². The number of rotatable bonds is 0. The first-order valence-electron chi connectivity index (χ1n) is 2.24. The van der Waals surface area contributed by atoms with E-state index < -0.39 is 11.9 Å². The molecular weight excluding hydrogens is 158 g/mol. The first-order valence-corrected chi connectivity index (χ1v) is 2.65. The van der Waals surface area contributed by atoms with Crippen LogP contribution >= 0.6 is 12.2 Å². The lowest BCUT2D eigenvalue weighted by Gasteiger charge is -1.99. The maximum atomic E-state index is 10.1. The first kappa shape index (κ1) is 8.83. The minimum absolute atomic E-state index is 0.189. The van der Waals surface area contributed by atoms with Gasteiger partial charge in [-0.25, -0.2) is 15.1 Å². The molecule has 0 aromatic carbocycles. The zero-order valence-electron chi connectivity index (χ0n) is 5.08. The van der Waals surface area contributed by atoms with Gasteiger partial charge in [-0.1, -0.05) is 12.2 Å². The Bertz CT molecular complexity index is 178. The molecule has 0 radical (unpaired) electrons. The molecule has 0 unspecified atom stereocenters. The van der Waals surface area contributed by atoms with E-state index in [0.29, 0.717) is 0 Å². The molecule has 56 valence electrons. The van der Waals surface area contributed by atoms with Crippen LogP contribution in [-0.2, 0) is 14.4 Å². The Morgan fingerprint density at radius 2 is 2.10 bits per heavy atom. The summed E-state index contributed by atoms with van der Waals surface area (Å²) in [7, 11) is 0. The Balaban J connectivity index is 3.60. The fourth-order valence-electron chi connectivity index (χ4n) is 0.162. The van der Waals surface area contributed by atoms with E-state index in [-0.39, 0.29) is 4.99 Å². The first-order chi connectivity index (χ1) is 4.54. The van der Waals surface area contributed by atoms with Gasteiger partial charge in [-0.3, -0.25) is 0 Å². The Morgan fingerprint density at radius 1 is 1.60 bits per heavy atom. The second-order valence-corrected chi connectivity index (χ2v) is 1.97. The average molecular weight is 163 g/mol. The van der Waals surface area contributed by atoms with E-state index >= 15 is 0 Å². The van der Waals surface area contributed by atoms with Crippen LogP contribution < -0.4 is 5.48 Å². The molecule has 0 heterocycles. The lowest BCUT2D eigenvalue weighted by Crippen LogP contribution is -2.27. The third-order valence-electron chi connectivity index (χ3n) is 0.462. The molecule has 0 spiro atoms. The van der Waals surface area contributed by atoms with Crippen molar-refractivity contribution < 1.29 is 19.5 Å². The second kappa shape index (κ2) is 3.78. The summed E-state index contributed by atoms with van der Waals surface area (Å²) < 4.78 is 0. The van der Waals surface area contributed by atoms with E-state index in [1.807, 2.05) is 5.48 Å². The Hall–Kier alpha value is -1.17. The maximum absolute atomic E-state index is 10.1. The van der Waals surface area contributed by atoms with Gasteiger partial charge >= 0.3 is 11.9 Å². The zero-order valence-corrected chi connectivity index (χ0v) is 5.90. The highest BCUT2D eigenvalue weighted by Gasteiger charge is 2.12. The number of carbonyl (C=O) groups excluding carboxylic acids is 1. The number of carbonyl (C=O) groups is 2. The van der Waals surface area contributed by atoms with E-state index in [1.54, 1.807) is 0 Å². The van der Waals surface area contributed by atoms with Crippen molar-refractivity contribution in [3.05, 3.63) is 0 Å². The summed E-state index contributed by atoms with van der Waals surface area (Å²) in [6.07, 6.45) is 0. The van der Waals surface area contributed by atoms with Crippen LogP contribution in [0.3, 0.4) is 0 Å². The molecular formula is C4H5NO4S. The summed E-state index contributed by atoms with van der Waals surface area (Å²) in [5.74, 6) is -3.05. The quantitative estimate of drug-likeness (QED) is 0.284. The summed E-state index contributed by atoms with van der Waals surface area (Å²) >= 11 is 4.42. The van der Waals surface area contributed by atoms with Crippen molar-refractivity contribution in [3.8, 4) is 0 Å². The number of hydroxylamine groups is 1. The topological polar surface area (TPSA) is 75.6 Å². The number of hydrogen-bond acceptors (Lipinski definition) is 4. The van der Waals surface area contributed by atoms with E-state index in [4.69, 9.17) is 5.11 Å². The fourth-order valence-corrected chi connectivity index (χ4v) is 0.204. The van der Waals surface area contributed by atoms with Gasteiger partial charge in [-0.15, -0.1) is 0 Å².